The van der Waals surface area contributed by atoms with Crippen molar-refractivity contribution in [1.29, 1.82) is 0 Å². The van der Waals surface area contributed by atoms with Gasteiger partial charge in [0.2, 0.25) is 10.0 Å². The van der Waals surface area contributed by atoms with Gasteiger partial charge in [0.15, 0.2) is 6.10 Å². The van der Waals surface area contributed by atoms with Crippen molar-refractivity contribution >= 4 is 27.7 Å². The highest BCUT2D eigenvalue weighted by Gasteiger charge is 2.39. The molecule has 1 fully saturated rings. The number of aliphatic hydroxyl groups is 1. The average molecular weight is 594 g/mol. The SMILES string of the molecule is CCc1ccc(S(=O)(=O)N(CC(C)C)C[C@@H](O)[C@H](Cc2ccccc2)NC(=O)[C@@H]2CN(c3ccccc3)C(=O)O2)cc1. The van der Waals surface area contributed by atoms with Crippen molar-refractivity contribution in [3.05, 3.63) is 96.1 Å². The van der Waals surface area contributed by atoms with Crippen molar-refractivity contribution in [2.75, 3.05) is 24.5 Å². The van der Waals surface area contributed by atoms with Crippen LogP contribution in [0.4, 0.5) is 10.5 Å². The maximum absolute atomic E-state index is 13.7. The Bertz CT molecular complexity index is 1430. The van der Waals surface area contributed by atoms with E-state index in [1.54, 1.807) is 48.5 Å². The molecule has 0 radical (unpaired) electrons. The number of amides is 2. The van der Waals surface area contributed by atoms with Gasteiger partial charge < -0.3 is 15.2 Å². The molecule has 0 saturated carbocycles. The summed E-state index contributed by atoms with van der Waals surface area (Å²) in [5.74, 6) is -0.568. The largest absolute Gasteiger partial charge is 0.434 e. The Labute approximate surface area is 248 Å². The smallest absolute Gasteiger partial charge is 0.415 e. The van der Waals surface area contributed by atoms with Crippen LogP contribution in [0.1, 0.15) is 31.9 Å². The first kappa shape index (κ1) is 31.2. The molecule has 1 heterocycles. The number of cyclic esters (lactones) is 1. The van der Waals surface area contributed by atoms with E-state index < -0.39 is 40.3 Å². The summed E-state index contributed by atoms with van der Waals surface area (Å²) in [6.07, 6.45) is -1.94. The number of hydrogen-bond donors (Lipinski definition) is 2. The summed E-state index contributed by atoms with van der Waals surface area (Å²) in [7, 11) is -3.93. The van der Waals surface area contributed by atoms with Gasteiger partial charge in [-0.05, 0) is 54.2 Å². The summed E-state index contributed by atoms with van der Waals surface area (Å²) in [5, 5.41) is 14.3. The topological polar surface area (TPSA) is 116 Å². The highest BCUT2D eigenvalue weighted by atomic mass is 32.2. The lowest BCUT2D eigenvalue weighted by Crippen LogP contribution is -2.53. The van der Waals surface area contributed by atoms with Crippen molar-refractivity contribution in [3.8, 4) is 0 Å². The van der Waals surface area contributed by atoms with Crippen molar-refractivity contribution in [2.45, 2.75) is 56.8 Å². The molecule has 42 heavy (non-hydrogen) atoms. The monoisotopic (exact) mass is 593 g/mol. The third kappa shape index (κ3) is 7.76. The van der Waals surface area contributed by atoms with Crippen LogP contribution in [0, 0.1) is 5.92 Å². The summed E-state index contributed by atoms with van der Waals surface area (Å²) in [6.45, 7) is 5.79. The van der Waals surface area contributed by atoms with Gasteiger partial charge in [0.05, 0.1) is 23.6 Å². The fraction of sp³-hybridized carbons (Fsp3) is 0.375. The molecule has 9 nitrogen and oxygen atoms in total. The first-order valence-corrected chi connectivity index (χ1v) is 15.7. The first-order chi connectivity index (χ1) is 20.1. The normalized spacial score (nSPS) is 16.9. The highest BCUT2D eigenvalue weighted by Crippen LogP contribution is 2.23. The fourth-order valence-corrected chi connectivity index (χ4v) is 6.53. The van der Waals surface area contributed by atoms with Crippen LogP contribution in [0.15, 0.2) is 89.8 Å². The van der Waals surface area contributed by atoms with Gasteiger partial charge in [0.25, 0.3) is 5.91 Å². The molecule has 0 spiro atoms. The molecule has 10 heteroatoms. The summed E-state index contributed by atoms with van der Waals surface area (Å²) in [6, 6.07) is 24.1. The number of carbonyl (C=O) groups excluding carboxylic acids is 2. The van der Waals surface area contributed by atoms with E-state index in [4.69, 9.17) is 4.74 Å². The molecule has 1 saturated heterocycles. The van der Waals surface area contributed by atoms with Crippen LogP contribution in [0.3, 0.4) is 0 Å². The fourth-order valence-electron chi connectivity index (χ4n) is 4.91. The molecule has 1 aliphatic heterocycles. The van der Waals surface area contributed by atoms with Crippen molar-refractivity contribution in [3.63, 3.8) is 0 Å². The van der Waals surface area contributed by atoms with E-state index in [-0.39, 0.29) is 36.9 Å². The second-order valence-electron chi connectivity index (χ2n) is 10.9. The van der Waals surface area contributed by atoms with Gasteiger partial charge in [-0.15, -0.1) is 0 Å². The Kier molecular flexibility index (Phi) is 10.4. The zero-order valence-electron chi connectivity index (χ0n) is 24.2. The van der Waals surface area contributed by atoms with E-state index in [2.05, 4.69) is 5.32 Å². The van der Waals surface area contributed by atoms with E-state index >= 15 is 0 Å². The molecule has 224 valence electrons. The second-order valence-corrected chi connectivity index (χ2v) is 12.8. The number of nitrogens with zero attached hydrogens (tertiary/aromatic N) is 2. The zero-order valence-corrected chi connectivity index (χ0v) is 25.0. The molecule has 1 aliphatic rings. The van der Waals surface area contributed by atoms with Crippen LogP contribution in [0.2, 0.25) is 0 Å². The molecule has 3 aromatic rings. The van der Waals surface area contributed by atoms with E-state index in [1.807, 2.05) is 57.2 Å². The van der Waals surface area contributed by atoms with E-state index in [9.17, 15) is 23.1 Å². The van der Waals surface area contributed by atoms with Crippen LogP contribution in [0.25, 0.3) is 0 Å². The standard InChI is InChI=1S/C32H39N3O6S/c1-4-24-15-17-27(18-16-24)42(39,40)34(20-23(2)3)21-29(36)28(19-25-11-7-5-8-12-25)33-31(37)30-22-35(32(38)41-30)26-13-9-6-10-14-26/h5-18,23,28-30,36H,4,19-22H2,1-3H3,(H,33,37)/t28-,29+,30-/m0/s1. The number of benzene rings is 3. The van der Waals surface area contributed by atoms with Gasteiger partial charge in [-0.25, -0.2) is 13.2 Å². The number of ether oxygens (including phenoxy) is 1. The second kappa shape index (κ2) is 14.0. The van der Waals surface area contributed by atoms with E-state index in [0.717, 1.165) is 17.5 Å². The predicted octanol–water partition coefficient (Wildman–Crippen LogP) is 4.01. The predicted molar refractivity (Wildman–Crippen MR) is 162 cm³/mol. The number of nitrogens with one attached hydrogen (secondary N) is 1. The number of carbonyl (C=O) groups is 2. The van der Waals surface area contributed by atoms with Crippen LogP contribution in [-0.2, 0) is 32.4 Å². The Hall–Kier alpha value is -3.73. The van der Waals surface area contributed by atoms with Crippen molar-refractivity contribution < 1.29 is 27.9 Å². The summed E-state index contributed by atoms with van der Waals surface area (Å²) < 4.78 is 34.0. The number of sulfonamides is 1. The maximum Gasteiger partial charge on any atom is 0.415 e. The lowest BCUT2D eigenvalue weighted by molar-refractivity contribution is -0.129. The van der Waals surface area contributed by atoms with Gasteiger partial charge in [-0.2, -0.15) is 4.31 Å². The summed E-state index contributed by atoms with van der Waals surface area (Å²) in [5.41, 5.74) is 2.48. The lowest BCUT2D eigenvalue weighted by Gasteiger charge is -2.31. The number of aliphatic hydroxyl groups excluding tert-OH is 1. The van der Waals surface area contributed by atoms with Crippen LogP contribution >= 0.6 is 0 Å². The Morgan fingerprint density at radius 1 is 0.976 bits per heavy atom. The molecule has 2 amide bonds. The number of hydrogen-bond acceptors (Lipinski definition) is 6. The van der Waals surface area contributed by atoms with Crippen molar-refractivity contribution in [2.24, 2.45) is 5.92 Å². The van der Waals surface area contributed by atoms with Gasteiger partial charge in [0.1, 0.15) is 0 Å². The summed E-state index contributed by atoms with van der Waals surface area (Å²) in [4.78, 5) is 27.4. The molecule has 0 bridgehead atoms. The first-order valence-electron chi connectivity index (χ1n) is 14.2. The average Bonchev–Trinajstić information content (AvgIpc) is 3.38. The van der Waals surface area contributed by atoms with Gasteiger partial charge in [-0.3, -0.25) is 9.69 Å². The Balaban J connectivity index is 1.54. The van der Waals surface area contributed by atoms with Gasteiger partial charge in [0, 0.05) is 18.8 Å². The molecule has 3 aromatic carbocycles. The minimum atomic E-state index is -3.93. The molecular formula is C32H39N3O6S. The molecule has 2 N–H and O–H groups in total. The molecule has 0 aromatic heterocycles. The maximum atomic E-state index is 13.7. The van der Waals surface area contributed by atoms with Crippen LogP contribution in [-0.4, -0.2) is 67.7 Å². The molecule has 3 atom stereocenters. The quantitative estimate of drug-likeness (QED) is 0.310. The molecule has 4 rings (SSSR count). The number of anilines is 1. The molecule has 0 unspecified atom stereocenters. The Morgan fingerprint density at radius 3 is 2.19 bits per heavy atom. The minimum Gasteiger partial charge on any atom is -0.434 e. The molecular weight excluding hydrogens is 554 g/mol. The third-order valence-corrected chi connectivity index (χ3v) is 9.04. The van der Waals surface area contributed by atoms with E-state index in [1.165, 1.54) is 9.21 Å². The lowest BCUT2D eigenvalue weighted by atomic mass is 10.0. The highest BCUT2D eigenvalue weighted by molar-refractivity contribution is 7.89. The molecule has 0 aliphatic carbocycles. The summed E-state index contributed by atoms with van der Waals surface area (Å²) >= 11 is 0. The Morgan fingerprint density at radius 2 is 1.60 bits per heavy atom. The third-order valence-electron chi connectivity index (χ3n) is 7.19. The zero-order chi connectivity index (χ0) is 30.3. The minimum absolute atomic E-state index is 0.00840. The van der Waals surface area contributed by atoms with Crippen LogP contribution < -0.4 is 10.2 Å². The van der Waals surface area contributed by atoms with Crippen molar-refractivity contribution in [1.82, 2.24) is 9.62 Å². The van der Waals surface area contributed by atoms with Gasteiger partial charge >= 0.3 is 6.09 Å². The van der Waals surface area contributed by atoms with Crippen LogP contribution in [0.5, 0.6) is 0 Å². The van der Waals surface area contributed by atoms with Gasteiger partial charge in [-0.1, -0.05) is 81.4 Å². The van der Waals surface area contributed by atoms with E-state index in [0.29, 0.717) is 5.69 Å². The number of aryl methyl sites for hydroxylation is 1. The number of rotatable bonds is 13. The number of para-hydroxylation sites is 1.